The maximum Gasteiger partial charge on any atom is 0.325 e. The molecule has 24 N–H and O–H groups in total. The van der Waals surface area contributed by atoms with Gasteiger partial charge < -0.3 is 111 Å². The number of guanidine groups is 1. The molecule has 0 spiro atoms. The van der Waals surface area contributed by atoms with Crippen molar-refractivity contribution >= 4 is 94.8 Å². The van der Waals surface area contributed by atoms with Crippen LogP contribution in [0.15, 0.2) is 133 Å². The number of nitrogens with two attached hydrogens (primary N) is 2. The van der Waals surface area contributed by atoms with E-state index in [4.69, 9.17) is 16.9 Å². The lowest BCUT2D eigenvalue weighted by molar-refractivity contribution is -0.142. The van der Waals surface area contributed by atoms with Crippen molar-refractivity contribution in [3.8, 4) is 17.2 Å². The number of hydrogen-bond acceptors (Lipinski definition) is 20. The molecule has 0 unspecified atom stereocenters. The number of carbonyl (C=O) groups is 15. The van der Waals surface area contributed by atoms with E-state index in [0.717, 1.165) is 0 Å². The Kier molecular flexibility index (Phi) is 33.5. The molecule has 37 nitrogen and oxygen atoms in total. The molecule has 107 heavy (non-hydrogen) atoms. The highest BCUT2D eigenvalue weighted by atomic mass is 16.4. The van der Waals surface area contributed by atoms with Gasteiger partial charge in [0.2, 0.25) is 65.0 Å². The van der Waals surface area contributed by atoms with Crippen LogP contribution in [0.2, 0.25) is 0 Å². The van der Waals surface area contributed by atoms with Gasteiger partial charge in [0.05, 0.1) is 38.4 Å². The second kappa shape index (κ2) is 42.4. The van der Waals surface area contributed by atoms with Crippen LogP contribution in [0.5, 0.6) is 17.2 Å². The van der Waals surface area contributed by atoms with Gasteiger partial charge in [-0.05, 0) is 90.4 Å². The van der Waals surface area contributed by atoms with Crippen molar-refractivity contribution in [2.45, 2.75) is 132 Å². The summed E-state index contributed by atoms with van der Waals surface area (Å²) >= 11 is 0. The second-order valence-corrected chi connectivity index (χ2v) is 24.5. The van der Waals surface area contributed by atoms with Crippen molar-refractivity contribution in [3.05, 3.63) is 161 Å². The van der Waals surface area contributed by atoms with Gasteiger partial charge in [-0.3, -0.25) is 77.3 Å². The Labute approximate surface area is 610 Å². The maximum absolute atomic E-state index is 14.6. The van der Waals surface area contributed by atoms with Gasteiger partial charge in [-0.2, -0.15) is 0 Å². The highest BCUT2D eigenvalue weighted by molar-refractivity contribution is 6.00. The minimum Gasteiger partial charge on any atom is -0.508 e. The predicted octanol–water partition coefficient (Wildman–Crippen LogP) is -3.97. The van der Waals surface area contributed by atoms with E-state index in [2.05, 4.69) is 63.8 Å². The van der Waals surface area contributed by atoms with Crippen LogP contribution < -0.4 is 75.3 Å². The number of aromatic hydroxyl groups is 3. The Morgan fingerprint density at radius 2 is 0.645 bits per heavy atom. The number of rotatable bonds is 43. The van der Waals surface area contributed by atoms with Crippen molar-refractivity contribution in [2.75, 3.05) is 19.6 Å². The number of nitrogens with one attached hydrogen (secondary N) is 13. The third kappa shape index (κ3) is 30.7. The van der Waals surface area contributed by atoms with E-state index in [1.807, 2.05) is 0 Å². The van der Waals surface area contributed by atoms with E-state index < -0.39 is 194 Å². The molecule has 572 valence electrons. The second-order valence-electron chi connectivity index (χ2n) is 24.5. The first-order chi connectivity index (χ1) is 50.7. The first-order valence-corrected chi connectivity index (χ1v) is 33.1. The van der Waals surface area contributed by atoms with Crippen molar-refractivity contribution in [1.29, 1.82) is 5.41 Å². The summed E-state index contributed by atoms with van der Waals surface area (Å²) in [6.07, 6.45) is -4.87. The normalized spacial score (nSPS) is 13.6. The molecule has 0 bridgehead atoms. The lowest BCUT2D eigenvalue weighted by atomic mass is 10.0. The lowest BCUT2D eigenvalue weighted by Gasteiger charge is -2.27. The number of benzene rings is 5. The van der Waals surface area contributed by atoms with Crippen molar-refractivity contribution in [2.24, 2.45) is 11.5 Å². The molecule has 0 aliphatic rings. The van der Waals surface area contributed by atoms with E-state index in [1.165, 1.54) is 79.7 Å². The Hall–Kier alpha value is -13.2. The number of phenols is 3. The number of carboxylic acids is 4. The molecule has 0 saturated heterocycles. The zero-order valence-electron chi connectivity index (χ0n) is 57.6. The van der Waals surface area contributed by atoms with Gasteiger partial charge in [-0.25, -0.2) is 0 Å². The zero-order chi connectivity index (χ0) is 78.9. The topological polar surface area (TPSA) is 618 Å². The number of hydrogen-bond donors (Lipinski definition) is 22. The van der Waals surface area contributed by atoms with Crippen LogP contribution in [0.3, 0.4) is 0 Å². The fourth-order valence-corrected chi connectivity index (χ4v) is 10.3. The molecule has 0 aromatic heterocycles. The molecule has 0 heterocycles. The molecule has 10 atom stereocenters. The Bertz CT molecular complexity index is 3970. The summed E-state index contributed by atoms with van der Waals surface area (Å²) in [5.41, 5.74) is 13.4. The summed E-state index contributed by atoms with van der Waals surface area (Å²) in [5.74, 6) is -19.6. The van der Waals surface area contributed by atoms with Gasteiger partial charge in [0.15, 0.2) is 5.96 Å². The summed E-state index contributed by atoms with van der Waals surface area (Å²) in [6, 6.07) is 15.4. The van der Waals surface area contributed by atoms with Gasteiger partial charge in [0.1, 0.15) is 71.6 Å². The molecule has 5 rings (SSSR count). The monoisotopic (exact) mass is 1490 g/mol. The minimum atomic E-state index is -2.06. The van der Waals surface area contributed by atoms with Gasteiger partial charge >= 0.3 is 23.9 Å². The summed E-state index contributed by atoms with van der Waals surface area (Å²) in [5, 5.41) is 104. The van der Waals surface area contributed by atoms with Gasteiger partial charge in [0.25, 0.3) is 0 Å². The Morgan fingerprint density at radius 3 is 1.03 bits per heavy atom. The standard InChI is InChI=1S/C70H85N15O22/c1-37(69(106)107)77-63(100)47(13-8-26-74-70(72)73)80-65(102)51(31-42-18-24-45(88)25-19-42)83-66(103)50(29-39-11-6-3-7-12-39)84-67(104)53(33-58(93)94)79-56(90)36-76-62(99)52(32-57(91)92)85-64(101)49(30-41-16-22-44(87)23-17-41)78-55(89)35-75-61(98)48(28-38-9-4-2-5-10-38)82-68(105)54(34-59(95)96)81-60(97)46(71)27-40-14-20-43(86)21-15-40/h2-7,9-12,14-25,37,46-54,86-88H,8,13,26-36,71H2,1H3,(H,75,98)(H,76,99)(H,77,100)(H,78,89)(H,79,90)(H,80,102)(H,81,97)(H,82,105)(H,83,103)(H,84,104)(H,85,101)(H,91,92)(H,93,94)(H,95,96)(H,106,107)(H4,72,73,74)/t37-,46-,47-,48-,49-,50-,51-,52-,53-,54-/m0/s1. The maximum atomic E-state index is 14.6. The minimum absolute atomic E-state index is 0.0409. The summed E-state index contributed by atoms with van der Waals surface area (Å²) in [6.45, 7) is -0.867. The first kappa shape index (κ1) is 84.4. The molecular weight excluding hydrogens is 1400 g/mol. The zero-order valence-corrected chi connectivity index (χ0v) is 57.6. The van der Waals surface area contributed by atoms with Gasteiger partial charge in [-0.1, -0.05) is 97.1 Å². The summed E-state index contributed by atoms with van der Waals surface area (Å²) in [4.78, 5) is 201. The molecule has 5 aromatic carbocycles. The van der Waals surface area contributed by atoms with Crippen LogP contribution in [0, 0.1) is 5.41 Å². The number of aliphatic carboxylic acids is 4. The smallest absolute Gasteiger partial charge is 0.325 e. The van der Waals surface area contributed by atoms with Crippen LogP contribution in [0.4, 0.5) is 0 Å². The molecule has 0 aliphatic heterocycles. The lowest BCUT2D eigenvalue weighted by Crippen LogP contribution is -2.60. The van der Waals surface area contributed by atoms with Crippen LogP contribution >= 0.6 is 0 Å². The molecular formula is C70H85N15O22. The highest BCUT2D eigenvalue weighted by Crippen LogP contribution is 2.17. The Morgan fingerprint density at radius 1 is 0.355 bits per heavy atom. The van der Waals surface area contributed by atoms with E-state index in [9.17, 15) is 108 Å². The third-order valence-corrected chi connectivity index (χ3v) is 15.8. The van der Waals surface area contributed by atoms with Crippen LogP contribution in [0.25, 0.3) is 0 Å². The van der Waals surface area contributed by atoms with Crippen LogP contribution in [-0.4, -0.2) is 211 Å². The number of carbonyl (C=O) groups excluding carboxylic acids is 11. The quantitative estimate of drug-likeness (QED) is 0.0101. The van der Waals surface area contributed by atoms with Crippen LogP contribution in [0.1, 0.15) is 66.8 Å². The van der Waals surface area contributed by atoms with E-state index in [-0.39, 0.29) is 67.9 Å². The molecule has 11 amide bonds. The molecule has 37 heteroatoms. The fourth-order valence-electron chi connectivity index (χ4n) is 10.3. The average Bonchev–Trinajstić information content (AvgIpc) is 0.854. The van der Waals surface area contributed by atoms with E-state index >= 15 is 0 Å². The summed E-state index contributed by atoms with van der Waals surface area (Å²) < 4.78 is 0. The predicted molar refractivity (Wildman–Crippen MR) is 376 cm³/mol. The van der Waals surface area contributed by atoms with Crippen molar-refractivity contribution < 1.29 is 108 Å². The van der Waals surface area contributed by atoms with E-state index in [0.29, 0.717) is 22.3 Å². The van der Waals surface area contributed by atoms with Crippen molar-refractivity contribution in [3.63, 3.8) is 0 Å². The van der Waals surface area contributed by atoms with Crippen LogP contribution in [-0.2, 0) is 104 Å². The first-order valence-electron chi connectivity index (χ1n) is 33.1. The third-order valence-electron chi connectivity index (χ3n) is 15.8. The van der Waals surface area contributed by atoms with Gasteiger partial charge in [-0.15, -0.1) is 0 Å². The molecule has 0 fully saturated rings. The Balaban J connectivity index is 1.31. The van der Waals surface area contributed by atoms with Crippen molar-refractivity contribution in [1.82, 2.24) is 63.8 Å². The fraction of sp³-hybridized carbons (Fsp3) is 0.343. The summed E-state index contributed by atoms with van der Waals surface area (Å²) in [7, 11) is 0. The number of phenolic OH excluding ortho intramolecular Hbond substituents is 3. The largest absolute Gasteiger partial charge is 0.508 e. The van der Waals surface area contributed by atoms with E-state index in [1.54, 1.807) is 60.7 Å². The molecule has 0 aliphatic carbocycles. The molecule has 0 saturated carbocycles. The van der Waals surface area contributed by atoms with Gasteiger partial charge in [0, 0.05) is 32.2 Å². The number of carboxylic acid groups (broad SMARTS) is 4. The molecule has 5 aromatic rings. The number of amides is 11. The highest BCUT2D eigenvalue weighted by Gasteiger charge is 2.36. The SMILES string of the molecule is C[C@H](NC(=O)[C@H](CCCNC(=N)N)NC(=O)[C@H](Cc1ccc(O)cc1)NC(=O)[C@H](Cc1ccccc1)NC(=O)[C@H](CC(=O)O)NC(=O)CNC(=O)[C@H](CC(=O)O)NC(=O)[C@H](Cc1ccc(O)cc1)NC(=O)CNC(=O)[C@H](Cc1ccccc1)NC(=O)[C@H](CC(=O)O)NC(=O)[C@@H](N)Cc1ccc(O)cc1)C(=O)O. The average molecular weight is 1490 g/mol. The molecule has 0 radical (unpaired) electrons.